The molecule has 0 heterocycles. The number of hydrogen-bond donors (Lipinski definition) is 1. The summed E-state index contributed by atoms with van der Waals surface area (Å²) in [4.78, 5) is 0. The summed E-state index contributed by atoms with van der Waals surface area (Å²) in [6.45, 7) is 11.4. The van der Waals surface area contributed by atoms with Gasteiger partial charge in [0.2, 0.25) is 0 Å². The molecule has 0 aliphatic heterocycles. The lowest BCUT2D eigenvalue weighted by atomic mass is 9.77. The molecular formula is C11H25N. The summed E-state index contributed by atoms with van der Waals surface area (Å²) in [5.41, 5.74) is 6.18. The first-order chi connectivity index (χ1) is 5.36. The van der Waals surface area contributed by atoms with Gasteiger partial charge in [0.25, 0.3) is 0 Å². The maximum Gasteiger partial charge on any atom is 0.00104 e. The van der Waals surface area contributed by atoms with Crippen molar-refractivity contribution in [1.82, 2.24) is 0 Å². The van der Waals surface area contributed by atoms with Gasteiger partial charge in [-0.2, -0.15) is 0 Å². The number of nitrogens with two attached hydrogens (primary N) is 1. The van der Waals surface area contributed by atoms with E-state index < -0.39 is 0 Å². The molecule has 0 bridgehead atoms. The minimum Gasteiger partial charge on any atom is -0.328 e. The van der Waals surface area contributed by atoms with Crippen LogP contribution in [-0.2, 0) is 0 Å². The Balaban J connectivity index is 3.61. The lowest BCUT2D eigenvalue weighted by molar-refractivity contribution is 0.220. The molecule has 0 saturated heterocycles. The van der Waals surface area contributed by atoms with Crippen LogP contribution in [0.1, 0.15) is 53.9 Å². The summed E-state index contributed by atoms with van der Waals surface area (Å²) >= 11 is 0. The van der Waals surface area contributed by atoms with Crippen molar-refractivity contribution >= 4 is 0 Å². The summed E-state index contributed by atoms with van der Waals surface area (Å²) in [7, 11) is 0. The van der Waals surface area contributed by atoms with Crippen molar-refractivity contribution in [2.75, 3.05) is 0 Å². The van der Waals surface area contributed by atoms with Gasteiger partial charge in [-0.3, -0.25) is 0 Å². The highest BCUT2D eigenvalue weighted by Crippen LogP contribution is 2.31. The van der Waals surface area contributed by atoms with E-state index in [4.69, 9.17) is 5.73 Å². The van der Waals surface area contributed by atoms with E-state index >= 15 is 0 Å². The van der Waals surface area contributed by atoms with E-state index in [1.165, 1.54) is 12.8 Å². The highest BCUT2D eigenvalue weighted by atomic mass is 14.6. The van der Waals surface area contributed by atoms with Crippen LogP contribution in [0.4, 0.5) is 0 Å². The van der Waals surface area contributed by atoms with Gasteiger partial charge in [-0.1, -0.05) is 34.1 Å². The number of hydrogen-bond acceptors (Lipinski definition) is 1. The summed E-state index contributed by atoms with van der Waals surface area (Å²) in [5.74, 6) is 0.769. The van der Waals surface area contributed by atoms with E-state index in [1.54, 1.807) is 0 Å². The molecular weight excluding hydrogens is 146 g/mol. The van der Waals surface area contributed by atoms with Crippen LogP contribution >= 0.6 is 0 Å². The average molecular weight is 171 g/mol. The fourth-order valence-electron chi connectivity index (χ4n) is 1.17. The second-order valence-corrected chi connectivity index (χ2v) is 5.01. The molecule has 0 spiro atoms. The molecule has 0 saturated carbocycles. The van der Waals surface area contributed by atoms with Gasteiger partial charge in [-0.15, -0.1) is 0 Å². The van der Waals surface area contributed by atoms with Gasteiger partial charge >= 0.3 is 0 Å². The van der Waals surface area contributed by atoms with E-state index in [9.17, 15) is 0 Å². The molecule has 74 valence electrons. The first-order valence-electron chi connectivity index (χ1n) is 5.12. The largest absolute Gasteiger partial charge is 0.328 e. The van der Waals surface area contributed by atoms with E-state index in [0.717, 1.165) is 12.3 Å². The highest BCUT2D eigenvalue weighted by molar-refractivity contribution is 4.72. The van der Waals surface area contributed by atoms with Crippen molar-refractivity contribution < 1.29 is 0 Å². The van der Waals surface area contributed by atoms with Gasteiger partial charge in [-0.25, -0.2) is 0 Å². The SMILES string of the molecule is CC(N)CCCC(C)(C)C(C)C. The lowest BCUT2D eigenvalue weighted by Gasteiger charge is -2.29. The summed E-state index contributed by atoms with van der Waals surface area (Å²) in [6.07, 6.45) is 3.73. The fourth-order valence-corrected chi connectivity index (χ4v) is 1.17. The molecule has 2 N–H and O–H groups in total. The molecule has 1 unspecified atom stereocenters. The second kappa shape index (κ2) is 4.86. The minimum atomic E-state index is 0.368. The van der Waals surface area contributed by atoms with Gasteiger partial charge in [0, 0.05) is 6.04 Å². The Morgan fingerprint density at radius 3 is 2.00 bits per heavy atom. The molecule has 0 rings (SSSR count). The van der Waals surface area contributed by atoms with Crippen LogP contribution in [0.15, 0.2) is 0 Å². The number of rotatable bonds is 5. The second-order valence-electron chi connectivity index (χ2n) is 5.01. The Morgan fingerprint density at radius 1 is 1.17 bits per heavy atom. The van der Waals surface area contributed by atoms with Crippen LogP contribution in [0.25, 0.3) is 0 Å². The predicted octanol–water partition coefficient (Wildman–Crippen LogP) is 3.19. The molecule has 0 aliphatic carbocycles. The molecule has 0 aromatic rings. The van der Waals surface area contributed by atoms with Crippen molar-refractivity contribution in [3.8, 4) is 0 Å². The van der Waals surface area contributed by atoms with Crippen LogP contribution in [0.2, 0.25) is 0 Å². The molecule has 1 atom stereocenters. The van der Waals surface area contributed by atoms with Gasteiger partial charge in [0.1, 0.15) is 0 Å². The maximum atomic E-state index is 5.70. The molecule has 12 heavy (non-hydrogen) atoms. The quantitative estimate of drug-likeness (QED) is 0.675. The fraction of sp³-hybridized carbons (Fsp3) is 1.00. The van der Waals surface area contributed by atoms with E-state index in [-0.39, 0.29) is 0 Å². The molecule has 0 fully saturated rings. The normalized spacial score (nSPS) is 15.2. The van der Waals surface area contributed by atoms with Crippen molar-refractivity contribution in [2.24, 2.45) is 17.1 Å². The zero-order valence-corrected chi connectivity index (χ0v) is 9.35. The average Bonchev–Trinajstić information content (AvgIpc) is 1.85. The maximum absolute atomic E-state index is 5.70. The molecule has 0 aliphatic rings. The Hall–Kier alpha value is -0.0400. The Kier molecular flexibility index (Phi) is 4.84. The standard InChI is InChI=1S/C11H25N/c1-9(2)11(4,5)8-6-7-10(3)12/h9-10H,6-8,12H2,1-5H3. The van der Waals surface area contributed by atoms with E-state index in [1.807, 2.05) is 0 Å². The van der Waals surface area contributed by atoms with Crippen molar-refractivity contribution in [2.45, 2.75) is 59.9 Å². The smallest absolute Gasteiger partial charge is 0.00104 e. The van der Waals surface area contributed by atoms with Crippen molar-refractivity contribution in [3.63, 3.8) is 0 Å². The zero-order valence-electron chi connectivity index (χ0n) is 9.35. The van der Waals surface area contributed by atoms with Gasteiger partial charge in [0.15, 0.2) is 0 Å². The summed E-state index contributed by atoms with van der Waals surface area (Å²) in [5, 5.41) is 0. The summed E-state index contributed by atoms with van der Waals surface area (Å²) in [6, 6.07) is 0.368. The first kappa shape index (κ1) is 12.0. The van der Waals surface area contributed by atoms with Crippen molar-refractivity contribution in [1.29, 1.82) is 0 Å². The molecule has 0 radical (unpaired) electrons. The minimum absolute atomic E-state index is 0.368. The van der Waals surface area contributed by atoms with Gasteiger partial charge in [0.05, 0.1) is 0 Å². The van der Waals surface area contributed by atoms with Gasteiger partial charge < -0.3 is 5.73 Å². The summed E-state index contributed by atoms with van der Waals surface area (Å²) < 4.78 is 0. The topological polar surface area (TPSA) is 26.0 Å². The van der Waals surface area contributed by atoms with E-state index in [0.29, 0.717) is 11.5 Å². The van der Waals surface area contributed by atoms with Crippen LogP contribution in [0, 0.1) is 11.3 Å². The highest BCUT2D eigenvalue weighted by Gasteiger charge is 2.21. The molecule has 1 nitrogen and oxygen atoms in total. The zero-order chi connectivity index (χ0) is 9.78. The van der Waals surface area contributed by atoms with Crippen LogP contribution in [0.5, 0.6) is 0 Å². The van der Waals surface area contributed by atoms with E-state index in [2.05, 4.69) is 34.6 Å². The van der Waals surface area contributed by atoms with Crippen LogP contribution < -0.4 is 5.73 Å². The molecule has 0 amide bonds. The monoisotopic (exact) mass is 171 g/mol. The van der Waals surface area contributed by atoms with Gasteiger partial charge in [-0.05, 0) is 31.1 Å². The van der Waals surface area contributed by atoms with Crippen LogP contribution in [0.3, 0.4) is 0 Å². The van der Waals surface area contributed by atoms with Crippen LogP contribution in [-0.4, -0.2) is 6.04 Å². The third kappa shape index (κ3) is 4.76. The lowest BCUT2D eigenvalue weighted by Crippen LogP contribution is -2.21. The Bertz CT molecular complexity index is 114. The third-order valence-corrected chi connectivity index (χ3v) is 3.04. The van der Waals surface area contributed by atoms with Crippen molar-refractivity contribution in [3.05, 3.63) is 0 Å². The molecule has 0 aromatic heterocycles. The first-order valence-corrected chi connectivity index (χ1v) is 5.12. The third-order valence-electron chi connectivity index (χ3n) is 3.04. The Morgan fingerprint density at radius 2 is 1.67 bits per heavy atom. The Labute approximate surface area is 77.7 Å². The predicted molar refractivity (Wildman–Crippen MR) is 56.1 cm³/mol. The molecule has 0 aromatic carbocycles. The molecule has 1 heteroatoms.